The maximum absolute atomic E-state index is 10.5. The highest BCUT2D eigenvalue weighted by Crippen LogP contribution is 2.35. The van der Waals surface area contributed by atoms with E-state index in [1.54, 1.807) is 6.07 Å². The Kier molecular flexibility index (Phi) is 6.22. The molecule has 5 heteroatoms. The molecule has 3 nitrogen and oxygen atoms in total. The monoisotopic (exact) mass is 424 g/mol. The van der Waals surface area contributed by atoms with Gasteiger partial charge in [-0.1, -0.05) is 77.8 Å². The Morgan fingerprint density at radius 1 is 0.862 bits per heavy atom. The molecule has 0 aliphatic rings. The van der Waals surface area contributed by atoms with Crippen LogP contribution >= 0.6 is 23.2 Å². The molecule has 3 aromatic carbocycles. The van der Waals surface area contributed by atoms with E-state index in [1.165, 1.54) is 0 Å². The van der Waals surface area contributed by atoms with Gasteiger partial charge in [0.05, 0.1) is 6.10 Å². The zero-order valence-corrected chi connectivity index (χ0v) is 17.3. The first kappa shape index (κ1) is 20.0. The van der Waals surface area contributed by atoms with Crippen molar-refractivity contribution in [3.8, 4) is 0 Å². The molecule has 1 aromatic heterocycles. The first-order valence-corrected chi connectivity index (χ1v) is 10.3. The standard InChI is InChI=1S/C24H22Cl2N2O/c25-17-10-11-18(22(26)12-17)20(21-14-28-23-9-5-4-8-19(21)23)13-27-15-24(29)16-6-2-1-3-7-16/h1-12,14,20,24,27-29H,13,15H2/t20-,24+/m1/s1. The molecule has 29 heavy (non-hydrogen) atoms. The van der Waals surface area contributed by atoms with Crippen molar-refractivity contribution in [3.63, 3.8) is 0 Å². The molecule has 0 fully saturated rings. The van der Waals surface area contributed by atoms with Gasteiger partial charge >= 0.3 is 0 Å². The third-order valence-electron chi connectivity index (χ3n) is 5.21. The number of benzene rings is 3. The zero-order valence-electron chi connectivity index (χ0n) is 15.8. The summed E-state index contributed by atoms with van der Waals surface area (Å²) in [6.07, 6.45) is 1.47. The quantitative estimate of drug-likeness (QED) is 0.344. The number of aromatic amines is 1. The number of H-pyrrole nitrogens is 1. The topological polar surface area (TPSA) is 48.0 Å². The summed E-state index contributed by atoms with van der Waals surface area (Å²) in [4.78, 5) is 3.35. The number of aliphatic hydroxyl groups is 1. The van der Waals surface area contributed by atoms with Crippen molar-refractivity contribution in [2.24, 2.45) is 0 Å². The van der Waals surface area contributed by atoms with Crippen molar-refractivity contribution in [3.05, 3.63) is 106 Å². The predicted octanol–water partition coefficient (Wildman–Crippen LogP) is 5.93. The van der Waals surface area contributed by atoms with E-state index in [1.807, 2.05) is 60.8 Å². The van der Waals surface area contributed by atoms with E-state index in [0.29, 0.717) is 23.1 Å². The van der Waals surface area contributed by atoms with Crippen LogP contribution in [-0.2, 0) is 0 Å². The van der Waals surface area contributed by atoms with Gasteiger partial charge in [-0.05, 0) is 34.9 Å². The molecule has 0 saturated carbocycles. The van der Waals surface area contributed by atoms with Crippen LogP contribution in [0.1, 0.15) is 28.7 Å². The zero-order chi connectivity index (χ0) is 20.2. The largest absolute Gasteiger partial charge is 0.387 e. The van der Waals surface area contributed by atoms with Crippen LogP contribution in [0.3, 0.4) is 0 Å². The van der Waals surface area contributed by atoms with E-state index in [0.717, 1.165) is 27.6 Å². The summed E-state index contributed by atoms with van der Waals surface area (Å²) in [5.41, 5.74) is 4.14. The van der Waals surface area contributed by atoms with Crippen LogP contribution in [0.5, 0.6) is 0 Å². The number of rotatable bonds is 7. The Morgan fingerprint density at radius 3 is 2.41 bits per heavy atom. The lowest BCUT2D eigenvalue weighted by atomic mass is 9.90. The summed E-state index contributed by atoms with van der Waals surface area (Å²) in [5.74, 6) is 0.0129. The Morgan fingerprint density at radius 2 is 1.62 bits per heavy atom. The number of nitrogens with one attached hydrogen (secondary N) is 2. The molecule has 0 aliphatic heterocycles. The lowest BCUT2D eigenvalue weighted by Crippen LogP contribution is -2.27. The van der Waals surface area contributed by atoms with Gasteiger partial charge in [0.15, 0.2) is 0 Å². The molecule has 4 rings (SSSR count). The van der Waals surface area contributed by atoms with Gasteiger partial charge in [0.25, 0.3) is 0 Å². The summed E-state index contributed by atoms with van der Waals surface area (Å²) >= 11 is 12.7. The number of hydrogen-bond acceptors (Lipinski definition) is 2. The fourth-order valence-electron chi connectivity index (χ4n) is 3.71. The van der Waals surface area contributed by atoms with Crippen LogP contribution in [0.2, 0.25) is 10.0 Å². The minimum Gasteiger partial charge on any atom is -0.387 e. The average molecular weight is 425 g/mol. The van der Waals surface area contributed by atoms with Gasteiger partial charge in [0, 0.05) is 46.2 Å². The van der Waals surface area contributed by atoms with E-state index in [4.69, 9.17) is 23.2 Å². The highest BCUT2D eigenvalue weighted by molar-refractivity contribution is 6.35. The van der Waals surface area contributed by atoms with Crippen LogP contribution in [0.25, 0.3) is 10.9 Å². The number of fused-ring (bicyclic) bond motifs is 1. The van der Waals surface area contributed by atoms with E-state index < -0.39 is 6.10 Å². The second-order valence-corrected chi connectivity index (χ2v) is 7.94. The fourth-order valence-corrected chi connectivity index (χ4v) is 4.25. The van der Waals surface area contributed by atoms with Gasteiger partial charge in [-0.2, -0.15) is 0 Å². The number of hydrogen-bond donors (Lipinski definition) is 3. The van der Waals surface area contributed by atoms with Gasteiger partial charge in [-0.3, -0.25) is 0 Å². The summed E-state index contributed by atoms with van der Waals surface area (Å²) in [5, 5.41) is 16.3. The van der Waals surface area contributed by atoms with Crippen LogP contribution in [0, 0.1) is 0 Å². The lowest BCUT2D eigenvalue weighted by molar-refractivity contribution is 0.174. The van der Waals surface area contributed by atoms with Crippen molar-refractivity contribution in [1.82, 2.24) is 10.3 Å². The Bertz CT molecular complexity index is 1090. The molecule has 0 saturated heterocycles. The molecule has 0 bridgehead atoms. The lowest BCUT2D eigenvalue weighted by Gasteiger charge is -2.21. The Hall–Kier alpha value is -2.30. The van der Waals surface area contributed by atoms with Gasteiger partial charge in [0.2, 0.25) is 0 Å². The molecule has 0 aliphatic carbocycles. The second kappa shape index (κ2) is 9.02. The highest BCUT2D eigenvalue weighted by Gasteiger charge is 2.21. The molecule has 4 aromatic rings. The molecule has 0 spiro atoms. The van der Waals surface area contributed by atoms with E-state index in [2.05, 4.69) is 22.4 Å². The normalized spacial score (nSPS) is 13.5. The molecular weight excluding hydrogens is 403 g/mol. The number of para-hydroxylation sites is 1. The smallest absolute Gasteiger partial charge is 0.0914 e. The van der Waals surface area contributed by atoms with Crippen molar-refractivity contribution in [2.75, 3.05) is 13.1 Å². The molecule has 0 unspecified atom stereocenters. The van der Waals surface area contributed by atoms with Crippen molar-refractivity contribution >= 4 is 34.1 Å². The Labute approximate surface area is 180 Å². The highest BCUT2D eigenvalue weighted by atomic mass is 35.5. The van der Waals surface area contributed by atoms with Crippen LogP contribution in [0.15, 0.2) is 79.0 Å². The summed E-state index contributed by atoms with van der Waals surface area (Å²) in [6.45, 7) is 1.08. The average Bonchev–Trinajstić information content (AvgIpc) is 3.16. The van der Waals surface area contributed by atoms with E-state index >= 15 is 0 Å². The molecule has 2 atom stereocenters. The van der Waals surface area contributed by atoms with Crippen LogP contribution in [-0.4, -0.2) is 23.2 Å². The van der Waals surface area contributed by atoms with Crippen LogP contribution in [0.4, 0.5) is 0 Å². The third-order valence-corrected chi connectivity index (χ3v) is 5.77. The van der Waals surface area contributed by atoms with Crippen molar-refractivity contribution in [1.29, 1.82) is 0 Å². The van der Waals surface area contributed by atoms with Gasteiger partial charge in [0.1, 0.15) is 0 Å². The molecular formula is C24H22Cl2N2O. The van der Waals surface area contributed by atoms with E-state index in [-0.39, 0.29) is 5.92 Å². The first-order valence-electron chi connectivity index (χ1n) is 9.58. The maximum Gasteiger partial charge on any atom is 0.0914 e. The summed E-state index contributed by atoms with van der Waals surface area (Å²) in [7, 11) is 0. The SMILES string of the molecule is O[C@@H](CNC[C@H](c1ccc(Cl)cc1Cl)c1c[nH]c2ccccc12)c1ccccc1. The number of aromatic nitrogens is 1. The van der Waals surface area contributed by atoms with Gasteiger partial charge in [-0.25, -0.2) is 0 Å². The summed E-state index contributed by atoms with van der Waals surface area (Å²) in [6, 6.07) is 23.5. The van der Waals surface area contributed by atoms with Crippen LogP contribution < -0.4 is 5.32 Å². The van der Waals surface area contributed by atoms with E-state index in [9.17, 15) is 5.11 Å². The minimum absolute atomic E-state index is 0.0129. The Balaban J connectivity index is 1.60. The molecule has 0 amide bonds. The first-order chi connectivity index (χ1) is 14.1. The number of aliphatic hydroxyl groups excluding tert-OH is 1. The second-order valence-electron chi connectivity index (χ2n) is 7.09. The van der Waals surface area contributed by atoms with Gasteiger partial charge < -0.3 is 15.4 Å². The van der Waals surface area contributed by atoms with Gasteiger partial charge in [-0.15, -0.1) is 0 Å². The van der Waals surface area contributed by atoms with Crippen molar-refractivity contribution in [2.45, 2.75) is 12.0 Å². The molecule has 3 N–H and O–H groups in total. The molecule has 148 valence electrons. The maximum atomic E-state index is 10.5. The van der Waals surface area contributed by atoms with Crippen molar-refractivity contribution < 1.29 is 5.11 Å². The third kappa shape index (κ3) is 4.49. The fraction of sp³-hybridized carbons (Fsp3) is 0.167. The minimum atomic E-state index is -0.569. The predicted molar refractivity (Wildman–Crippen MR) is 121 cm³/mol. The number of halogens is 2. The summed E-state index contributed by atoms with van der Waals surface area (Å²) < 4.78 is 0. The molecule has 1 heterocycles. The molecule has 0 radical (unpaired) electrons.